The van der Waals surface area contributed by atoms with Gasteiger partial charge in [0.2, 0.25) is 0 Å². The van der Waals surface area contributed by atoms with E-state index < -0.39 is 23.1 Å². The molecule has 166 valence electrons. The maximum Gasteiger partial charge on any atom is 0.303 e. The van der Waals surface area contributed by atoms with Gasteiger partial charge in [-0.2, -0.15) is 0 Å². The average Bonchev–Trinajstić information content (AvgIpc) is 2.57. The lowest BCUT2D eigenvalue weighted by Crippen LogP contribution is -2.39. The van der Waals surface area contributed by atoms with Crippen molar-refractivity contribution >= 4 is 11.9 Å². The minimum atomic E-state index is -0.800. The Balaban J connectivity index is 4.13. The Labute approximate surface area is 170 Å². The minimum Gasteiger partial charge on any atom is -0.481 e. The molecule has 0 aromatic carbocycles. The summed E-state index contributed by atoms with van der Waals surface area (Å²) in [5.74, 6) is -1.60. The van der Waals surface area contributed by atoms with Crippen molar-refractivity contribution in [2.75, 3.05) is 13.2 Å². The van der Waals surface area contributed by atoms with Crippen molar-refractivity contribution in [1.82, 2.24) is 5.32 Å². The Morgan fingerprint density at radius 1 is 0.893 bits per heavy atom. The van der Waals surface area contributed by atoms with E-state index >= 15 is 0 Å². The number of carboxylic acid groups (broad SMARTS) is 2. The molecular weight excluding hydrogens is 362 g/mol. The highest BCUT2D eigenvalue weighted by molar-refractivity contribution is 5.67. The van der Waals surface area contributed by atoms with E-state index in [4.69, 9.17) is 19.7 Å². The summed E-state index contributed by atoms with van der Waals surface area (Å²) >= 11 is 0. The highest BCUT2D eigenvalue weighted by Crippen LogP contribution is 2.19. The van der Waals surface area contributed by atoms with Crippen molar-refractivity contribution in [2.45, 2.75) is 110 Å². The third-order valence-electron chi connectivity index (χ3n) is 4.90. The number of carbonyl (C=O) groups is 2. The third-order valence-corrected chi connectivity index (χ3v) is 4.90. The number of rotatable bonds is 17. The highest BCUT2D eigenvalue weighted by Gasteiger charge is 2.22. The fourth-order valence-corrected chi connectivity index (χ4v) is 2.84. The van der Waals surface area contributed by atoms with Crippen LogP contribution in [0.3, 0.4) is 0 Å². The lowest BCUT2D eigenvalue weighted by Gasteiger charge is -2.28. The smallest absolute Gasteiger partial charge is 0.303 e. The second-order valence-corrected chi connectivity index (χ2v) is 8.75. The quantitative estimate of drug-likeness (QED) is 0.339. The monoisotopic (exact) mass is 403 g/mol. The van der Waals surface area contributed by atoms with E-state index in [1.807, 2.05) is 27.7 Å². The standard InChI is InChI=1S/C21H41NO6/c1-7-17(11-15-28-21(5,6)13-9-19(25)26)22-16(2)10-14-27-20(3,4)12-8-18(23)24/h16-17,22H,7-15H2,1-6H3,(H,23,24)(H,25,26). The average molecular weight is 404 g/mol. The molecule has 3 N–H and O–H groups in total. The van der Waals surface area contributed by atoms with Crippen molar-refractivity contribution in [3.8, 4) is 0 Å². The minimum absolute atomic E-state index is 0.113. The van der Waals surface area contributed by atoms with Crippen LogP contribution in [0.1, 0.15) is 86.5 Å². The number of ether oxygens (including phenoxy) is 2. The summed E-state index contributed by atoms with van der Waals surface area (Å²) < 4.78 is 11.8. The van der Waals surface area contributed by atoms with Crippen LogP contribution in [0, 0.1) is 0 Å². The van der Waals surface area contributed by atoms with Crippen molar-refractivity contribution in [3.63, 3.8) is 0 Å². The van der Waals surface area contributed by atoms with Crippen LogP contribution in [0.15, 0.2) is 0 Å². The number of carboxylic acids is 2. The van der Waals surface area contributed by atoms with Gasteiger partial charge in [0.05, 0.1) is 11.2 Å². The molecule has 0 saturated heterocycles. The number of hydrogen-bond donors (Lipinski definition) is 3. The van der Waals surface area contributed by atoms with Crippen LogP contribution < -0.4 is 5.32 Å². The number of nitrogens with one attached hydrogen (secondary N) is 1. The first-order valence-corrected chi connectivity index (χ1v) is 10.3. The Morgan fingerprint density at radius 2 is 1.32 bits per heavy atom. The molecule has 2 unspecified atom stereocenters. The molecule has 28 heavy (non-hydrogen) atoms. The van der Waals surface area contributed by atoms with E-state index in [1.165, 1.54) is 0 Å². The largest absolute Gasteiger partial charge is 0.481 e. The summed E-state index contributed by atoms with van der Waals surface area (Å²) in [5, 5.41) is 21.2. The van der Waals surface area contributed by atoms with E-state index in [0.717, 1.165) is 19.3 Å². The lowest BCUT2D eigenvalue weighted by molar-refractivity contribution is -0.139. The normalized spacial score (nSPS) is 14.6. The summed E-state index contributed by atoms with van der Waals surface area (Å²) in [6, 6.07) is 0.602. The van der Waals surface area contributed by atoms with Crippen molar-refractivity contribution in [2.24, 2.45) is 0 Å². The number of hydrogen-bond acceptors (Lipinski definition) is 5. The van der Waals surface area contributed by atoms with Gasteiger partial charge in [-0.05, 0) is 66.7 Å². The molecule has 0 bridgehead atoms. The maximum atomic E-state index is 10.7. The zero-order valence-electron chi connectivity index (χ0n) is 18.5. The molecule has 0 fully saturated rings. The van der Waals surface area contributed by atoms with Crippen molar-refractivity contribution in [1.29, 1.82) is 0 Å². The first-order chi connectivity index (χ1) is 12.9. The first-order valence-electron chi connectivity index (χ1n) is 10.3. The summed E-state index contributed by atoms with van der Waals surface area (Å²) in [6.45, 7) is 13.1. The van der Waals surface area contributed by atoms with E-state index in [2.05, 4.69) is 19.2 Å². The van der Waals surface area contributed by atoms with Gasteiger partial charge in [-0.1, -0.05) is 6.92 Å². The molecule has 0 aliphatic heterocycles. The Kier molecular flexibility index (Phi) is 12.6. The Bertz CT molecular complexity index is 464. The summed E-state index contributed by atoms with van der Waals surface area (Å²) in [6.07, 6.45) is 3.91. The summed E-state index contributed by atoms with van der Waals surface area (Å²) in [4.78, 5) is 21.4. The molecule has 2 atom stereocenters. The first kappa shape index (κ1) is 26.8. The molecule has 0 aliphatic rings. The van der Waals surface area contributed by atoms with Gasteiger partial charge in [-0.25, -0.2) is 0 Å². The van der Waals surface area contributed by atoms with Crippen molar-refractivity contribution < 1.29 is 29.3 Å². The molecule has 7 heteroatoms. The zero-order chi connectivity index (χ0) is 21.8. The molecule has 0 aromatic heterocycles. The van der Waals surface area contributed by atoms with Gasteiger partial charge in [0.1, 0.15) is 0 Å². The fourth-order valence-electron chi connectivity index (χ4n) is 2.84. The third kappa shape index (κ3) is 14.8. The Hall–Kier alpha value is -1.18. The van der Waals surface area contributed by atoms with Gasteiger partial charge in [0.15, 0.2) is 0 Å². The Morgan fingerprint density at radius 3 is 1.71 bits per heavy atom. The van der Waals surface area contributed by atoms with Crippen LogP contribution in [-0.4, -0.2) is 58.7 Å². The molecule has 0 spiro atoms. The molecular formula is C21H41NO6. The van der Waals surface area contributed by atoms with Gasteiger partial charge in [0, 0.05) is 38.1 Å². The van der Waals surface area contributed by atoms with Gasteiger partial charge in [0.25, 0.3) is 0 Å². The second kappa shape index (κ2) is 13.1. The van der Waals surface area contributed by atoms with Crippen LogP contribution in [-0.2, 0) is 19.1 Å². The molecule has 7 nitrogen and oxygen atoms in total. The fraction of sp³-hybridized carbons (Fsp3) is 0.905. The predicted octanol–water partition coefficient (Wildman–Crippen LogP) is 3.84. The number of aliphatic carboxylic acids is 2. The topological polar surface area (TPSA) is 105 Å². The molecule has 0 heterocycles. The molecule has 0 aliphatic carbocycles. The zero-order valence-corrected chi connectivity index (χ0v) is 18.5. The second-order valence-electron chi connectivity index (χ2n) is 8.75. The highest BCUT2D eigenvalue weighted by atomic mass is 16.5. The van der Waals surface area contributed by atoms with Gasteiger partial charge < -0.3 is 25.0 Å². The molecule has 0 aromatic rings. The summed E-state index contributed by atoms with van der Waals surface area (Å²) in [7, 11) is 0. The summed E-state index contributed by atoms with van der Waals surface area (Å²) in [5.41, 5.74) is -0.866. The van der Waals surface area contributed by atoms with Crippen LogP contribution in [0.5, 0.6) is 0 Å². The van der Waals surface area contributed by atoms with Gasteiger partial charge in [-0.15, -0.1) is 0 Å². The van der Waals surface area contributed by atoms with E-state index in [1.54, 1.807) is 0 Å². The van der Waals surface area contributed by atoms with E-state index in [-0.39, 0.29) is 18.9 Å². The molecule has 0 radical (unpaired) electrons. The van der Waals surface area contributed by atoms with Gasteiger partial charge in [-0.3, -0.25) is 9.59 Å². The van der Waals surface area contributed by atoms with Crippen LogP contribution in [0.25, 0.3) is 0 Å². The van der Waals surface area contributed by atoms with Gasteiger partial charge >= 0.3 is 11.9 Å². The van der Waals surface area contributed by atoms with E-state index in [0.29, 0.717) is 32.1 Å². The maximum absolute atomic E-state index is 10.7. The van der Waals surface area contributed by atoms with Crippen LogP contribution in [0.4, 0.5) is 0 Å². The van der Waals surface area contributed by atoms with E-state index in [9.17, 15) is 9.59 Å². The molecule has 0 amide bonds. The lowest BCUT2D eigenvalue weighted by atomic mass is 10.0. The van der Waals surface area contributed by atoms with Crippen LogP contribution >= 0.6 is 0 Å². The molecule has 0 rings (SSSR count). The van der Waals surface area contributed by atoms with Crippen molar-refractivity contribution in [3.05, 3.63) is 0 Å². The van der Waals surface area contributed by atoms with Crippen LogP contribution in [0.2, 0.25) is 0 Å². The SMILES string of the molecule is CCC(CCOC(C)(C)CCC(=O)O)NC(C)CCOC(C)(C)CCC(=O)O. The predicted molar refractivity (Wildman–Crippen MR) is 110 cm³/mol. The molecule has 0 saturated carbocycles.